The SMILES string of the molecule is CCCCCCCCCCCC(=O)OCOP1(=O)/C=C/[C@H]2O[C@@H](n3cnc4c(N)ncnc43)[C@H](F)[C@@H]2OP(=O)(OCOC(=O)CCCCCCCCCCC)OC[C@H]2O[C@@H](n3cnc4c(N)ncnc43)[C@H](F)[C@@H]2O1. The summed E-state index contributed by atoms with van der Waals surface area (Å²) in [5.74, 6) is -0.445. The molecule has 4 aromatic heterocycles. The van der Waals surface area contributed by atoms with Gasteiger partial charge in [0.1, 0.15) is 48.1 Å². The molecule has 27 heteroatoms. The lowest BCUT2D eigenvalue weighted by Gasteiger charge is -2.28. The summed E-state index contributed by atoms with van der Waals surface area (Å²) >= 11 is 0. The number of phosphoric ester groups is 1. The van der Waals surface area contributed by atoms with E-state index in [2.05, 4.69) is 43.8 Å². The molecule has 2 fully saturated rings. The molecule has 74 heavy (non-hydrogen) atoms. The summed E-state index contributed by atoms with van der Waals surface area (Å²) in [6.45, 7) is 1.61. The van der Waals surface area contributed by atoms with E-state index in [1.165, 1.54) is 73.2 Å². The highest BCUT2D eigenvalue weighted by Crippen LogP contribution is 2.58. The summed E-state index contributed by atoms with van der Waals surface area (Å²) in [5, 5.41) is 0. The number of hydrogen-bond acceptors (Lipinski definition) is 21. The molecule has 4 aromatic rings. The van der Waals surface area contributed by atoms with Gasteiger partial charge in [-0.2, -0.15) is 0 Å². The average molecular weight is 1080 g/mol. The average Bonchev–Trinajstić information content (AvgIpc) is 4.16. The number of carbonyl (C=O) groups is 2. The van der Waals surface area contributed by atoms with Crippen molar-refractivity contribution in [3.63, 3.8) is 0 Å². The minimum absolute atomic E-state index is 0.00692. The number of rotatable bonds is 28. The van der Waals surface area contributed by atoms with Crippen LogP contribution in [0.1, 0.15) is 155 Å². The molecule has 4 N–H and O–H groups in total. The molecule has 0 spiro atoms. The van der Waals surface area contributed by atoms with Gasteiger partial charge in [-0.05, 0) is 18.9 Å². The van der Waals surface area contributed by atoms with Gasteiger partial charge >= 0.3 is 27.4 Å². The van der Waals surface area contributed by atoms with Gasteiger partial charge in [0.2, 0.25) is 13.6 Å². The van der Waals surface area contributed by atoms with Crippen LogP contribution in [0.3, 0.4) is 0 Å². The predicted octanol–water partition coefficient (Wildman–Crippen LogP) is 9.79. The third kappa shape index (κ3) is 15.3. The van der Waals surface area contributed by atoms with Crippen molar-refractivity contribution in [3.05, 3.63) is 37.2 Å². The molecule has 2 saturated heterocycles. The largest absolute Gasteiger partial charge is 0.478 e. The van der Waals surface area contributed by atoms with E-state index in [1.54, 1.807) is 0 Å². The molecule has 0 amide bonds. The number of fused-ring (bicyclic) bond motifs is 4. The van der Waals surface area contributed by atoms with E-state index in [4.69, 9.17) is 53.0 Å². The Morgan fingerprint density at radius 1 is 0.635 bits per heavy atom. The lowest BCUT2D eigenvalue weighted by Crippen LogP contribution is -2.35. The molecule has 23 nitrogen and oxygen atoms in total. The van der Waals surface area contributed by atoms with Gasteiger partial charge in [-0.25, -0.2) is 47.8 Å². The van der Waals surface area contributed by atoms with E-state index >= 15 is 8.78 Å². The second kappa shape index (κ2) is 28.0. The van der Waals surface area contributed by atoms with Crippen LogP contribution in [0.15, 0.2) is 37.2 Å². The number of esters is 2. The van der Waals surface area contributed by atoms with Crippen molar-refractivity contribution in [2.75, 3.05) is 31.7 Å². The fraction of sp³-hybridized carbons (Fsp3) is 0.702. The Morgan fingerprint density at radius 2 is 1.11 bits per heavy atom. The zero-order valence-corrected chi connectivity index (χ0v) is 43.8. The molecule has 410 valence electrons. The summed E-state index contributed by atoms with van der Waals surface area (Å²) in [7, 11) is -9.89. The summed E-state index contributed by atoms with van der Waals surface area (Å²) in [4.78, 5) is 50.3. The minimum atomic E-state index is -5.09. The van der Waals surface area contributed by atoms with Crippen LogP contribution in [0, 0.1) is 0 Å². The summed E-state index contributed by atoms with van der Waals surface area (Å²) < 4.78 is 118. The lowest BCUT2D eigenvalue weighted by atomic mass is 10.1. The van der Waals surface area contributed by atoms with Crippen LogP contribution in [0.2, 0.25) is 0 Å². The Morgan fingerprint density at radius 3 is 1.64 bits per heavy atom. The number of nitrogens with two attached hydrogens (primary N) is 2. The Kier molecular flexibility index (Phi) is 21.6. The van der Waals surface area contributed by atoms with Gasteiger partial charge in [0.25, 0.3) is 0 Å². The molecule has 10 atom stereocenters. The predicted molar refractivity (Wildman–Crippen MR) is 265 cm³/mol. The van der Waals surface area contributed by atoms with Gasteiger partial charge in [-0.3, -0.25) is 41.4 Å². The Hall–Kier alpha value is -4.58. The number of hydrogen-bond donors (Lipinski definition) is 2. The first kappa shape index (κ1) is 57.1. The molecule has 2 unspecified atom stereocenters. The van der Waals surface area contributed by atoms with Gasteiger partial charge in [0, 0.05) is 18.7 Å². The van der Waals surface area contributed by atoms with Gasteiger partial charge in [0.15, 0.2) is 47.7 Å². The van der Waals surface area contributed by atoms with Gasteiger partial charge < -0.3 is 30.4 Å². The first-order chi connectivity index (χ1) is 35.8. The van der Waals surface area contributed by atoms with Crippen molar-refractivity contribution in [1.29, 1.82) is 0 Å². The van der Waals surface area contributed by atoms with Crippen molar-refractivity contribution < 1.29 is 69.1 Å². The molecule has 3 aliphatic rings. The fourth-order valence-electron chi connectivity index (χ4n) is 8.95. The summed E-state index contributed by atoms with van der Waals surface area (Å²) in [6.07, 6.45) is 9.66. The maximum Gasteiger partial charge on any atom is 0.478 e. The number of halogens is 2. The molecule has 7 rings (SSSR count). The standard InChI is InChI=1S/C47H70F2N10O13P2/c1-3-5-7-9-11-13-15-17-19-21-34(60)64-30-67-73(62)24-23-32-40(36(48)46(69-32)58-28-56-38-42(50)52-26-54-44(38)58)72-74(63,68-31-65-35(61)22-20-18-16-14-12-10-8-6-4-2)66-25-33-41(71-73)37(49)47(70-33)59-29-57-39-43(51)53-27-55-45(39)59/h23-24,26-29,32-33,36-37,40-41,46-47H,3-22,25,30-31H2,1-2H3,(H2,50,52,54)(H2,51,53,55)/b24-23+/t32-,33-,36-,37-,40-,41-,46-,47-,73?,74?/m1/s1. The number of imidazole rings is 2. The first-order valence-electron chi connectivity index (χ1n) is 25.8. The molecular formula is C47H70F2N10O13P2. The lowest BCUT2D eigenvalue weighted by molar-refractivity contribution is -0.152. The van der Waals surface area contributed by atoms with E-state index < -0.39 is 96.8 Å². The number of anilines is 2. The molecule has 0 aromatic carbocycles. The number of nitrogens with zero attached hydrogens (tertiary/aromatic N) is 8. The smallest absolute Gasteiger partial charge is 0.438 e. The third-order valence-electron chi connectivity index (χ3n) is 13.0. The molecule has 7 heterocycles. The molecule has 0 aliphatic carbocycles. The number of carbonyl (C=O) groups excluding carboxylic acids is 2. The first-order valence-corrected chi connectivity index (χ1v) is 28.9. The number of aromatic nitrogens is 8. The second-order valence-electron chi connectivity index (χ2n) is 18.6. The van der Waals surface area contributed by atoms with Gasteiger partial charge in [-0.1, -0.05) is 117 Å². The van der Waals surface area contributed by atoms with Crippen molar-refractivity contribution in [1.82, 2.24) is 39.0 Å². The molecule has 0 radical (unpaired) electrons. The Balaban J connectivity index is 1.11. The number of alkyl halides is 2. The molecular weight excluding hydrogens is 1010 g/mol. The fourth-order valence-corrected chi connectivity index (χ4v) is 11.6. The number of unbranched alkanes of at least 4 members (excludes halogenated alkanes) is 16. The molecule has 0 saturated carbocycles. The highest BCUT2D eigenvalue weighted by atomic mass is 31.2. The normalized spacial score (nSPS) is 27.6. The van der Waals surface area contributed by atoms with Crippen LogP contribution in [0.5, 0.6) is 0 Å². The minimum Gasteiger partial charge on any atom is -0.438 e. The van der Waals surface area contributed by atoms with Gasteiger partial charge in [-0.15, -0.1) is 0 Å². The molecule has 3 aliphatic heterocycles. The van der Waals surface area contributed by atoms with Gasteiger partial charge in [0.05, 0.1) is 19.3 Å². The van der Waals surface area contributed by atoms with Crippen molar-refractivity contribution in [3.8, 4) is 0 Å². The van der Waals surface area contributed by atoms with Crippen LogP contribution in [0.25, 0.3) is 22.3 Å². The van der Waals surface area contributed by atoms with E-state index in [0.29, 0.717) is 12.8 Å². The topological polar surface area (TPSA) is 291 Å². The monoisotopic (exact) mass is 1080 g/mol. The van der Waals surface area contributed by atoms with E-state index in [-0.39, 0.29) is 46.8 Å². The zero-order valence-electron chi connectivity index (χ0n) is 42.0. The van der Waals surface area contributed by atoms with Crippen molar-refractivity contribution in [2.24, 2.45) is 0 Å². The number of nitrogen functional groups attached to an aromatic ring is 2. The maximum absolute atomic E-state index is 17.1. The van der Waals surface area contributed by atoms with Crippen LogP contribution in [-0.4, -0.2) is 108 Å². The quantitative estimate of drug-likeness (QED) is 0.0231. The van der Waals surface area contributed by atoms with Crippen LogP contribution in [-0.2, 0) is 60.3 Å². The highest BCUT2D eigenvalue weighted by molar-refractivity contribution is 7.57. The summed E-state index contributed by atoms with van der Waals surface area (Å²) in [5.41, 5.74) is 12.4. The Bertz CT molecular complexity index is 2560. The third-order valence-corrected chi connectivity index (χ3v) is 16.0. The maximum atomic E-state index is 17.1. The highest BCUT2D eigenvalue weighted by Gasteiger charge is 2.54. The van der Waals surface area contributed by atoms with E-state index in [0.717, 1.165) is 75.9 Å². The van der Waals surface area contributed by atoms with Crippen LogP contribution in [0.4, 0.5) is 20.4 Å². The van der Waals surface area contributed by atoms with E-state index in [1.807, 2.05) is 0 Å². The Labute approximate surface area is 428 Å². The molecule has 0 bridgehead atoms. The number of phosphoric acid groups is 1. The second-order valence-corrected chi connectivity index (χ2v) is 22.0. The zero-order chi connectivity index (χ0) is 52.5. The van der Waals surface area contributed by atoms with Crippen LogP contribution >= 0.6 is 15.4 Å². The summed E-state index contributed by atoms with van der Waals surface area (Å²) in [6, 6.07) is 0. The van der Waals surface area contributed by atoms with Crippen molar-refractivity contribution >= 4 is 61.3 Å². The number of ether oxygens (including phenoxy) is 4. The van der Waals surface area contributed by atoms with Crippen LogP contribution < -0.4 is 11.5 Å². The van der Waals surface area contributed by atoms with E-state index in [9.17, 15) is 18.7 Å². The van der Waals surface area contributed by atoms with Crippen molar-refractivity contribution in [2.45, 2.75) is 191 Å².